The summed E-state index contributed by atoms with van der Waals surface area (Å²) in [5.41, 5.74) is -3.52. The molecule has 2 atom stereocenters. The molecule has 2 aromatic heterocycles. The second-order valence-electron chi connectivity index (χ2n) is 12.2. The van der Waals surface area contributed by atoms with Crippen LogP contribution in [0.15, 0.2) is 75.4 Å². The molecule has 0 bridgehead atoms. The molecule has 0 aliphatic carbocycles. The van der Waals surface area contributed by atoms with Gasteiger partial charge in [-0.25, -0.2) is 4.79 Å². The number of benzene rings is 4. The highest BCUT2D eigenvalue weighted by Gasteiger charge is 2.63. The molecule has 0 fully saturated rings. The lowest BCUT2D eigenvalue weighted by Crippen LogP contribution is -2.42. The molecular formula is C35H21BrCl4F6N6O4S2. The van der Waals surface area contributed by atoms with E-state index in [1.54, 1.807) is 12.1 Å². The van der Waals surface area contributed by atoms with Crippen molar-refractivity contribution in [1.82, 2.24) is 17.5 Å². The minimum Gasteiger partial charge on any atom is -0.465 e. The Bertz CT molecular complexity index is 2610. The topological polar surface area (TPSA) is 121 Å². The number of ether oxygens (including phenoxy) is 1. The summed E-state index contributed by atoms with van der Waals surface area (Å²) in [6.07, 6.45) is -10.8. The molecule has 4 aromatic carbocycles. The molecule has 2 aliphatic heterocycles. The van der Waals surface area contributed by atoms with Crippen molar-refractivity contribution in [2.75, 3.05) is 7.11 Å². The number of oxime groups is 2. The van der Waals surface area contributed by atoms with Crippen LogP contribution in [0.2, 0.25) is 20.1 Å². The summed E-state index contributed by atoms with van der Waals surface area (Å²) in [6.45, 7) is 0. The van der Waals surface area contributed by atoms with Crippen molar-refractivity contribution in [1.29, 1.82) is 0 Å². The van der Waals surface area contributed by atoms with Gasteiger partial charge in [-0.15, -0.1) is 0 Å². The Kier molecular flexibility index (Phi) is 12.3. The second-order valence-corrected chi connectivity index (χ2v) is 15.9. The average Bonchev–Trinajstić information content (AvgIpc) is 3.96. The molecule has 58 heavy (non-hydrogen) atoms. The summed E-state index contributed by atoms with van der Waals surface area (Å²) in [5.74, 6) is -0.637. The quantitative estimate of drug-likeness (QED) is 0.124. The maximum absolute atomic E-state index is 14.2. The molecule has 10 nitrogen and oxygen atoms in total. The molecule has 0 N–H and O–H groups in total. The summed E-state index contributed by atoms with van der Waals surface area (Å²) < 4.78 is 107. The Labute approximate surface area is 360 Å². The van der Waals surface area contributed by atoms with Crippen LogP contribution < -0.4 is 0 Å². The van der Waals surface area contributed by atoms with Crippen LogP contribution in [0.1, 0.15) is 52.9 Å². The molecule has 4 heterocycles. The molecule has 23 heteroatoms. The lowest BCUT2D eigenvalue weighted by molar-refractivity contribution is -0.276. The monoisotopic (exact) mass is 986 g/mol. The molecule has 0 radical (unpaired) electrons. The predicted octanol–water partition coefficient (Wildman–Crippen LogP) is 12.3. The number of alkyl halides is 6. The Morgan fingerprint density at radius 3 is 1.50 bits per heavy atom. The molecular weight excluding hydrogens is 968 g/mol. The number of aromatic nitrogens is 4. The summed E-state index contributed by atoms with van der Waals surface area (Å²) in [6, 6.07) is 13.5. The van der Waals surface area contributed by atoms with Crippen molar-refractivity contribution in [3.05, 3.63) is 113 Å². The Morgan fingerprint density at radius 1 is 0.672 bits per heavy atom. The van der Waals surface area contributed by atoms with Gasteiger partial charge < -0.3 is 14.4 Å². The number of rotatable bonds is 5. The smallest absolute Gasteiger partial charge is 0.435 e. The van der Waals surface area contributed by atoms with Gasteiger partial charge >= 0.3 is 18.3 Å². The van der Waals surface area contributed by atoms with E-state index in [0.717, 1.165) is 35.6 Å². The summed E-state index contributed by atoms with van der Waals surface area (Å²) in [5, 5.41) is 7.69. The Morgan fingerprint density at radius 2 is 1.07 bits per heavy atom. The molecule has 0 amide bonds. The molecule has 0 saturated heterocycles. The van der Waals surface area contributed by atoms with Gasteiger partial charge in [-0.05, 0) is 76.6 Å². The highest BCUT2D eigenvalue weighted by Crippen LogP contribution is 2.51. The van der Waals surface area contributed by atoms with Crippen molar-refractivity contribution in [3.63, 3.8) is 0 Å². The van der Waals surface area contributed by atoms with Gasteiger partial charge in [0.05, 0.1) is 60.4 Å². The summed E-state index contributed by atoms with van der Waals surface area (Å²) >= 11 is 28.8. The highest BCUT2D eigenvalue weighted by atomic mass is 79.9. The number of hydrogen-bond acceptors (Lipinski definition) is 12. The average molecular weight is 989 g/mol. The van der Waals surface area contributed by atoms with Gasteiger partial charge in [-0.1, -0.05) is 64.1 Å². The first-order valence-electron chi connectivity index (χ1n) is 15.7. The van der Waals surface area contributed by atoms with Crippen molar-refractivity contribution in [2.45, 2.75) is 43.8 Å². The number of carbonyl (C=O) groups excluding carboxylic acids is 1. The van der Waals surface area contributed by atoms with E-state index in [4.69, 9.17) is 60.8 Å². The van der Waals surface area contributed by atoms with Gasteiger partial charge in [0.1, 0.15) is 22.1 Å². The molecule has 0 spiro atoms. The van der Waals surface area contributed by atoms with Crippen LogP contribution in [0.25, 0.3) is 22.1 Å². The zero-order valence-corrected chi connectivity index (χ0v) is 34.2. The zero-order valence-electron chi connectivity index (χ0n) is 28.0. The largest absolute Gasteiger partial charge is 0.465 e. The third kappa shape index (κ3) is 7.81. The SMILES string of the molecule is C.COC(=O)c1ccc(C2=NOC(c3cc(Cl)cc(Cl)c3)(C(F)(F)F)C2)c2nsnc12.FC(F)(F)C1(c2cc(Cl)cc(Cl)c2)CC(c2ccc(Br)c3nsnc23)=NO1. The van der Waals surface area contributed by atoms with Gasteiger partial charge in [-0.3, -0.25) is 0 Å². The van der Waals surface area contributed by atoms with Crippen molar-refractivity contribution in [2.24, 2.45) is 10.3 Å². The highest BCUT2D eigenvalue weighted by molar-refractivity contribution is 9.10. The third-order valence-corrected chi connectivity index (χ3v) is 11.4. The normalized spacial score (nSPS) is 19.1. The van der Waals surface area contributed by atoms with E-state index in [-0.39, 0.29) is 72.2 Å². The second kappa shape index (κ2) is 16.3. The van der Waals surface area contributed by atoms with Crippen LogP contribution in [-0.2, 0) is 25.6 Å². The number of carbonyl (C=O) groups is 1. The molecule has 2 aliphatic rings. The van der Waals surface area contributed by atoms with E-state index >= 15 is 0 Å². The predicted molar refractivity (Wildman–Crippen MR) is 213 cm³/mol. The van der Waals surface area contributed by atoms with Crippen LogP contribution in [-0.4, -0.2) is 54.3 Å². The number of fused-ring (bicyclic) bond motifs is 2. The van der Waals surface area contributed by atoms with Crippen molar-refractivity contribution < 1.29 is 45.5 Å². The number of hydrogen-bond donors (Lipinski definition) is 0. The van der Waals surface area contributed by atoms with E-state index in [1.807, 2.05) is 0 Å². The first-order valence-corrected chi connectivity index (χ1v) is 19.5. The molecule has 304 valence electrons. The number of nitrogens with zero attached hydrogens (tertiary/aromatic N) is 6. The van der Waals surface area contributed by atoms with Gasteiger partial charge in [0.2, 0.25) is 0 Å². The van der Waals surface area contributed by atoms with Crippen LogP contribution in [0.4, 0.5) is 26.3 Å². The third-order valence-electron chi connectivity index (χ3n) is 8.84. The minimum atomic E-state index is -4.82. The summed E-state index contributed by atoms with van der Waals surface area (Å²) in [4.78, 5) is 21.9. The fraction of sp³-hybridized carbons (Fsp3) is 0.229. The van der Waals surface area contributed by atoms with E-state index in [9.17, 15) is 31.1 Å². The maximum atomic E-state index is 14.2. The fourth-order valence-corrected chi connectivity index (χ4v) is 8.84. The van der Waals surface area contributed by atoms with Crippen LogP contribution in [0, 0.1) is 0 Å². The van der Waals surface area contributed by atoms with Crippen LogP contribution >= 0.6 is 85.8 Å². The Hall–Kier alpha value is -3.85. The molecule has 0 saturated carbocycles. The van der Waals surface area contributed by atoms with E-state index in [2.05, 4.69) is 43.7 Å². The van der Waals surface area contributed by atoms with Crippen molar-refractivity contribution in [3.8, 4) is 0 Å². The number of esters is 1. The Balaban J connectivity index is 0.000000193. The minimum absolute atomic E-state index is 0. The van der Waals surface area contributed by atoms with Gasteiger partial charge in [-0.2, -0.15) is 43.8 Å². The van der Waals surface area contributed by atoms with Crippen LogP contribution in [0.5, 0.6) is 0 Å². The van der Waals surface area contributed by atoms with Gasteiger partial charge in [0.15, 0.2) is 0 Å². The standard InChI is InChI=1S/C18H10Cl2F3N3O3S.C16H7BrCl2F3N3OS.CH4/c1-28-16(27)12-3-2-11(14-15(12)26-30-25-14)13-7-17(29-24-13,18(21,22)23)8-4-9(19)6-10(20)5-8;17-11-2-1-10(13-14(11)25-27-24-13)12-6-15(26-23-12,16(20,21)22)7-3-8(18)5-9(19)4-7;/h2-6H,7H2,1H3;1-5H,6H2;1H4. The first kappa shape index (κ1) is 43.7. The molecule has 2 unspecified atom stereocenters. The number of methoxy groups -OCH3 is 1. The van der Waals surface area contributed by atoms with Crippen molar-refractivity contribution >= 4 is 125 Å². The van der Waals surface area contributed by atoms with Crippen LogP contribution in [0.3, 0.4) is 0 Å². The molecule has 6 aromatic rings. The van der Waals surface area contributed by atoms with Gasteiger partial charge in [0, 0.05) is 46.8 Å². The molecule has 8 rings (SSSR count). The van der Waals surface area contributed by atoms with E-state index in [0.29, 0.717) is 21.1 Å². The summed E-state index contributed by atoms with van der Waals surface area (Å²) in [7, 11) is 1.21. The fourth-order valence-electron chi connectivity index (χ4n) is 6.11. The van der Waals surface area contributed by atoms with Gasteiger partial charge in [0.25, 0.3) is 11.2 Å². The lowest BCUT2D eigenvalue weighted by atomic mass is 9.86. The van der Waals surface area contributed by atoms with E-state index < -0.39 is 42.4 Å². The number of halogens is 11. The lowest BCUT2D eigenvalue weighted by Gasteiger charge is -2.29. The zero-order chi connectivity index (χ0) is 41.1. The maximum Gasteiger partial charge on any atom is 0.435 e. The first-order chi connectivity index (χ1) is 26.9. The van der Waals surface area contributed by atoms with E-state index in [1.165, 1.54) is 43.5 Å².